The number of carbonyl (C=O) groups is 1. The zero-order valence-electron chi connectivity index (χ0n) is 16.2. The van der Waals surface area contributed by atoms with Crippen LogP contribution in [-0.4, -0.2) is 32.2 Å². The van der Waals surface area contributed by atoms with Crippen LogP contribution in [-0.2, 0) is 0 Å². The molecule has 0 saturated heterocycles. The van der Waals surface area contributed by atoms with Crippen molar-refractivity contribution in [2.75, 3.05) is 6.61 Å². The van der Waals surface area contributed by atoms with E-state index in [4.69, 9.17) is 4.74 Å². The van der Waals surface area contributed by atoms with Gasteiger partial charge in [-0.15, -0.1) is 0 Å². The molecule has 156 valence electrons. The number of rotatable bonds is 7. The number of aromatic nitrogens is 3. The van der Waals surface area contributed by atoms with Crippen molar-refractivity contribution in [2.45, 2.75) is 6.04 Å². The highest BCUT2D eigenvalue weighted by Gasteiger charge is 2.18. The molecule has 1 atom stereocenters. The van der Waals surface area contributed by atoms with Crippen LogP contribution in [0.3, 0.4) is 0 Å². The molecule has 2 aromatic heterocycles. The van der Waals surface area contributed by atoms with E-state index in [9.17, 15) is 18.7 Å². The van der Waals surface area contributed by atoms with Gasteiger partial charge in [0.1, 0.15) is 18.2 Å². The van der Waals surface area contributed by atoms with E-state index < -0.39 is 11.8 Å². The normalized spacial score (nSPS) is 11.8. The van der Waals surface area contributed by atoms with Gasteiger partial charge < -0.3 is 14.4 Å². The van der Waals surface area contributed by atoms with Crippen LogP contribution in [0.15, 0.2) is 79.4 Å². The number of benzene rings is 2. The van der Waals surface area contributed by atoms with E-state index in [0.717, 1.165) is 5.56 Å². The first-order valence-corrected chi connectivity index (χ1v) is 9.37. The van der Waals surface area contributed by atoms with Crippen molar-refractivity contribution in [3.05, 3.63) is 102 Å². The van der Waals surface area contributed by atoms with Gasteiger partial charge in [0.05, 0.1) is 23.6 Å². The van der Waals surface area contributed by atoms with E-state index in [2.05, 4.69) is 9.97 Å². The van der Waals surface area contributed by atoms with Crippen LogP contribution in [0, 0.1) is 11.6 Å². The van der Waals surface area contributed by atoms with Crippen LogP contribution in [0.4, 0.5) is 8.78 Å². The van der Waals surface area contributed by atoms with Gasteiger partial charge in [0, 0.05) is 24.0 Å². The van der Waals surface area contributed by atoms with Crippen molar-refractivity contribution >= 4 is 5.97 Å². The first-order chi connectivity index (χ1) is 15.0. The quantitative estimate of drug-likeness (QED) is 0.472. The molecule has 0 fully saturated rings. The maximum atomic E-state index is 13.3. The maximum Gasteiger partial charge on any atom is 0.337 e. The number of pyridine rings is 1. The Labute approximate surface area is 176 Å². The predicted octanol–water partition coefficient (Wildman–Crippen LogP) is 4.59. The lowest BCUT2D eigenvalue weighted by molar-refractivity contribution is 0.0697. The van der Waals surface area contributed by atoms with Gasteiger partial charge in [0.2, 0.25) is 5.88 Å². The molecular formula is C23H17F2N3O3. The number of ether oxygens (including phenoxy) is 1. The van der Waals surface area contributed by atoms with Crippen molar-refractivity contribution in [1.29, 1.82) is 0 Å². The molecule has 0 spiro atoms. The Kier molecular flexibility index (Phi) is 5.70. The summed E-state index contributed by atoms with van der Waals surface area (Å²) < 4.78 is 34.3. The van der Waals surface area contributed by atoms with Crippen molar-refractivity contribution in [3.8, 4) is 17.1 Å². The number of nitrogens with zero attached hydrogens (tertiary/aromatic N) is 3. The van der Waals surface area contributed by atoms with Crippen LogP contribution in [0.25, 0.3) is 11.3 Å². The van der Waals surface area contributed by atoms with E-state index in [1.54, 1.807) is 30.9 Å². The summed E-state index contributed by atoms with van der Waals surface area (Å²) in [6.45, 7) is 0.143. The highest BCUT2D eigenvalue weighted by Crippen LogP contribution is 2.26. The largest absolute Gasteiger partial charge is 0.478 e. The molecule has 0 radical (unpaired) electrons. The number of imidazole rings is 1. The minimum atomic E-state index is -1.15. The third kappa shape index (κ3) is 4.58. The third-order valence-corrected chi connectivity index (χ3v) is 4.75. The number of hydrogen-bond donors (Lipinski definition) is 1. The minimum absolute atomic E-state index is 0.0244. The fourth-order valence-corrected chi connectivity index (χ4v) is 3.18. The van der Waals surface area contributed by atoms with E-state index >= 15 is 0 Å². The Hall–Kier alpha value is -4.07. The molecule has 0 bridgehead atoms. The summed E-state index contributed by atoms with van der Waals surface area (Å²) in [7, 11) is 0. The summed E-state index contributed by atoms with van der Waals surface area (Å²) >= 11 is 0. The number of aromatic carboxylic acids is 1. The van der Waals surface area contributed by atoms with Crippen LogP contribution < -0.4 is 4.74 Å². The number of carboxylic acids is 1. The molecule has 2 aromatic carbocycles. The first-order valence-electron chi connectivity index (χ1n) is 9.37. The highest BCUT2D eigenvalue weighted by atomic mass is 19.1. The Bertz CT molecular complexity index is 1180. The highest BCUT2D eigenvalue weighted by molar-refractivity contribution is 5.94. The Morgan fingerprint density at radius 1 is 1.00 bits per heavy atom. The minimum Gasteiger partial charge on any atom is -0.478 e. The molecule has 4 aromatic rings. The molecule has 4 rings (SSSR count). The van der Waals surface area contributed by atoms with Gasteiger partial charge in [-0.2, -0.15) is 0 Å². The summed E-state index contributed by atoms with van der Waals surface area (Å²) in [6, 6.07) is 14.0. The molecule has 2 heterocycles. The molecular weight excluding hydrogens is 404 g/mol. The molecule has 0 aliphatic carbocycles. The van der Waals surface area contributed by atoms with Gasteiger partial charge in [-0.1, -0.05) is 12.1 Å². The van der Waals surface area contributed by atoms with Gasteiger partial charge in [0.25, 0.3) is 0 Å². The molecule has 8 heteroatoms. The van der Waals surface area contributed by atoms with Crippen molar-refractivity contribution in [2.24, 2.45) is 0 Å². The molecule has 0 amide bonds. The Morgan fingerprint density at radius 3 is 2.29 bits per heavy atom. The second kappa shape index (κ2) is 8.74. The van der Waals surface area contributed by atoms with Crippen LogP contribution in [0.5, 0.6) is 5.88 Å². The van der Waals surface area contributed by atoms with Crippen molar-refractivity contribution in [3.63, 3.8) is 0 Å². The lowest BCUT2D eigenvalue weighted by Gasteiger charge is -2.20. The van der Waals surface area contributed by atoms with E-state index in [1.807, 2.05) is 4.57 Å². The molecule has 31 heavy (non-hydrogen) atoms. The zero-order chi connectivity index (χ0) is 21.8. The second-order valence-corrected chi connectivity index (χ2v) is 6.75. The fraction of sp³-hybridized carbons (Fsp3) is 0.0870. The summed E-state index contributed by atoms with van der Waals surface area (Å²) in [5, 5.41) is 9.49. The average molecular weight is 421 g/mol. The number of halogens is 2. The van der Waals surface area contributed by atoms with Crippen LogP contribution in [0.1, 0.15) is 22.0 Å². The van der Waals surface area contributed by atoms with E-state index in [1.165, 1.54) is 48.5 Å². The molecule has 1 N–H and O–H groups in total. The predicted molar refractivity (Wildman–Crippen MR) is 109 cm³/mol. The monoisotopic (exact) mass is 421 g/mol. The fourth-order valence-electron chi connectivity index (χ4n) is 3.18. The molecule has 1 unspecified atom stereocenters. The lowest BCUT2D eigenvalue weighted by Crippen LogP contribution is -2.18. The van der Waals surface area contributed by atoms with Gasteiger partial charge in [-0.05, 0) is 48.0 Å². The second-order valence-electron chi connectivity index (χ2n) is 6.75. The SMILES string of the molecule is O=C(O)c1ccc(OCC(c2ccc(F)cc2)n2ccnc2)nc1-c1ccc(F)cc1. The van der Waals surface area contributed by atoms with Gasteiger partial charge in [-0.25, -0.2) is 23.5 Å². The van der Waals surface area contributed by atoms with E-state index in [0.29, 0.717) is 5.56 Å². The lowest BCUT2D eigenvalue weighted by atomic mass is 10.1. The van der Waals surface area contributed by atoms with Crippen LogP contribution in [0.2, 0.25) is 0 Å². The maximum absolute atomic E-state index is 13.3. The smallest absolute Gasteiger partial charge is 0.337 e. The van der Waals surface area contributed by atoms with Crippen LogP contribution >= 0.6 is 0 Å². The van der Waals surface area contributed by atoms with Gasteiger partial charge >= 0.3 is 5.97 Å². The summed E-state index contributed by atoms with van der Waals surface area (Å²) in [5.41, 5.74) is 1.41. The molecule has 0 aliphatic heterocycles. The molecule has 6 nitrogen and oxygen atoms in total. The third-order valence-electron chi connectivity index (χ3n) is 4.75. The molecule has 0 saturated carbocycles. The summed E-state index contributed by atoms with van der Waals surface area (Å²) in [4.78, 5) is 20.0. The van der Waals surface area contributed by atoms with Crippen molar-refractivity contribution in [1.82, 2.24) is 14.5 Å². The average Bonchev–Trinajstić information content (AvgIpc) is 3.30. The number of hydrogen-bond acceptors (Lipinski definition) is 4. The Morgan fingerprint density at radius 2 is 1.68 bits per heavy atom. The first kappa shape index (κ1) is 20.2. The van der Waals surface area contributed by atoms with E-state index in [-0.39, 0.29) is 35.6 Å². The zero-order valence-corrected chi connectivity index (χ0v) is 16.2. The topological polar surface area (TPSA) is 77.2 Å². The van der Waals surface area contributed by atoms with Gasteiger partial charge in [-0.3, -0.25) is 0 Å². The Balaban J connectivity index is 1.63. The summed E-state index contributed by atoms with van der Waals surface area (Å²) in [5.74, 6) is -1.73. The summed E-state index contributed by atoms with van der Waals surface area (Å²) in [6.07, 6.45) is 5.02. The van der Waals surface area contributed by atoms with Crippen molar-refractivity contribution < 1.29 is 23.4 Å². The number of carboxylic acid groups (broad SMARTS) is 1. The standard InChI is InChI=1S/C23H17F2N3O3/c24-17-5-1-15(2-6-17)20(28-12-11-26-14-28)13-31-21-10-9-19(23(29)30)22(27-21)16-3-7-18(25)8-4-16/h1-12,14,20H,13H2,(H,29,30). The van der Waals surface area contributed by atoms with Gasteiger partial charge in [0.15, 0.2) is 0 Å². The molecule has 0 aliphatic rings.